The zero-order chi connectivity index (χ0) is 11.5. The van der Waals surface area contributed by atoms with Gasteiger partial charge in [0.15, 0.2) is 0 Å². The molecule has 1 heterocycles. The summed E-state index contributed by atoms with van der Waals surface area (Å²) in [5, 5.41) is -0.312. The van der Waals surface area contributed by atoms with Crippen LogP contribution in [0.4, 0.5) is 0 Å². The van der Waals surface area contributed by atoms with E-state index in [2.05, 4.69) is 4.98 Å². The number of carbonyl (C=O) groups is 1. The maximum Gasteiger partial charge on any atom is 0.254 e. The van der Waals surface area contributed by atoms with Crippen molar-refractivity contribution in [1.29, 1.82) is 0 Å². The molecule has 16 heavy (non-hydrogen) atoms. The molecule has 0 aliphatic rings. The number of aromatic nitrogens is 1. The Balaban J connectivity index is 2.66. The molecule has 0 saturated heterocycles. The van der Waals surface area contributed by atoms with Crippen LogP contribution in [-0.2, 0) is 0 Å². The molecule has 2 rings (SSSR count). The zero-order valence-electron chi connectivity index (χ0n) is 8.15. The van der Waals surface area contributed by atoms with Crippen LogP contribution in [0, 0.1) is 0 Å². The highest BCUT2D eigenvalue weighted by Crippen LogP contribution is 2.29. The number of benzene rings is 1. The van der Waals surface area contributed by atoms with Gasteiger partial charge < -0.3 is 0 Å². The molecule has 0 aliphatic carbocycles. The first-order valence-electron chi connectivity index (χ1n) is 4.59. The topological polar surface area (TPSA) is 30.0 Å². The molecule has 0 fully saturated rings. The summed E-state index contributed by atoms with van der Waals surface area (Å²) in [6.07, 6.45) is 2.99. The van der Waals surface area contributed by atoms with E-state index in [4.69, 9.17) is 23.2 Å². The average molecular weight is 252 g/mol. The summed E-state index contributed by atoms with van der Waals surface area (Å²) < 4.78 is 0. The lowest BCUT2D eigenvalue weighted by molar-refractivity contribution is 0.108. The molecule has 2 aromatic rings. The van der Waals surface area contributed by atoms with Crippen molar-refractivity contribution >= 4 is 28.4 Å². The third-order valence-electron chi connectivity index (χ3n) is 2.18. The van der Waals surface area contributed by atoms with E-state index in [1.807, 2.05) is 30.3 Å². The van der Waals surface area contributed by atoms with Crippen molar-refractivity contribution in [3.05, 3.63) is 53.3 Å². The smallest absolute Gasteiger partial charge is 0.254 e. The van der Waals surface area contributed by atoms with Crippen LogP contribution in [0.1, 0.15) is 10.4 Å². The van der Waals surface area contributed by atoms with Gasteiger partial charge in [0, 0.05) is 18.0 Å². The van der Waals surface area contributed by atoms with Crippen molar-refractivity contribution < 1.29 is 4.79 Å². The summed E-state index contributed by atoms with van der Waals surface area (Å²) in [5.74, 6) is 0. The van der Waals surface area contributed by atoms with Gasteiger partial charge in [-0.2, -0.15) is 0 Å². The highest BCUT2D eigenvalue weighted by atomic mass is 35.5. The molecule has 1 aromatic carbocycles. The highest BCUT2D eigenvalue weighted by Gasteiger charge is 2.14. The molecular formula is C12H7Cl2NO. The van der Waals surface area contributed by atoms with Crippen molar-refractivity contribution in [2.45, 2.75) is 0 Å². The van der Waals surface area contributed by atoms with Gasteiger partial charge in [-0.1, -0.05) is 41.9 Å². The minimum Gasteiger partial charge on any atom is -0.276 e. The largest absolute Gasteiger partial charge is 0.276 e. The Morgan fingerprint density at radius 3 is 2.44 bits per heavy atom. The number of halogens is 2. The Morgan fingerprint density at radius 1 is 1.12 bits per heavy atom. The van der Waals surface area contributed by atoms with E-state index in [1.54, 1.807) is 6.20 Å². The van der Waals surface area contributed by atoms with Gasteiger partial charge in [0.25, 0.3) is 5.24 Å². The first-order valence-corrected chi connectivity index (χ1v) is 5.34. The van der Waals surface area contributed by atoms with E-state index in [-0.39, 0.29) is 5.02 Å². The first kappa shape index (κ1) is 11.1. The number of rotatable bonds is 2. The molecule has 0 radical (unpaired) electrons. The van der Waals surface area contributed by atoms with Crippen molar-refractivity contribution in [2.75, 3.05) is 0 Å². The lowest BCUT2D eigenvalue weighted by Crippen LogP contribution is -1.96. The van der Waals surface area contributed by atoms with Crippen LogP contribution in [0.3, 0.4) is 0 Å². The standard InChI is InChI=1S/C12H7Cl2NO/c13-10-7-15-6-9(11(10)12(14)16)8-4-2-1-3-5-8/h1-7H. The Kier molecular flexibility index (Phi) is 3.22. The van der Waals surface area contributed by atoms with Gasteiger partial charge in [-0.25, -0.2) is 0 Å². The van der Waals surface area contributed by atoms with E-state index in [1.165, 1.54) is 6.20 Å². The van der Waals surface area contributed by atoms with Crippen LogP contribution in [0.5, 0.6) is 0 Å². The number of nitrogens with zero attached hydrogens (tertiary/aromatic N) is 1. The van der Waals surface area contributed by atoms with E-state index in [9.17, 15) is 4.79 Å². The average Bonchev–Trinajstić information content (AvgIpc) is 2.29. The normalized spacial score (nSPS) is 10.1. The molecule has 0 spiro atoms. The van der Waals surface area contributed by atoms with Gasteiger partial charge in [-0.05, 0) is 17.2 Å². The first-order chi connectivity index (χ1) is 7.70. The van der Waals surface area contributed by atoms with Crippen molar-refractivity contribution in [3.63, 3.8) is 0 Å². The summed E-state index contributed by atoms with van der Waals surface area (Å²) in [7, 11) is 0. The third-order valence-corrected chi connectivity index (χ3v) is 2.66. The minimum atomic E-state index is -0.578. The van der Waals surface area contributed by atoms with Gasteiger partial charge in [0.05, 0.1) is 10.6 Å². The van der Waals surface area contributed by atoms with Gasteiger partial charge in [-0.15, -0.1) is 0 Å². The van der Waals surface area contributed by atoms with Gasteiger partial charge in [0.1, 0.15) is 0 Å². The van der Waals surface area contributed by atoms with E-state index < -0.39 is 5.24 Å². The molecule has 0 amide bonds. The number of hydrogen-bond donors (Lipinski definition) is 0. The number of carbonyl (C=O) groups excluding carboxylic acids is 1. The molecule has 1 aromatic heterocycles. The molecule has 0 aliphatic heterocycles. The van der Waals surface area contributed by atoms with Crippen molar-refractivity contribution in [2.24, 2.45) is 0 Å². The Hall–Kier alpha value is -1.38. The van der Waals surface area contributed by atoms with Gasteiger partial charge >= 0.3 is 0 Å². The van der Waals surface area contributed by atoms with Crippen molar-refractivity contribution in [1.82, 2.24) is 4.98 Å². The predicted molar refractivity (Wildman–Crippen MR) is 64.9 cm³/mol. The molecule has 2 nitrogen and oxygen atoms in total. The molecule has 0 unspecified atom stereocenters. The number of pyridine rings is 1. The van der Waals surface area contributed by atoms with E-state index >= 15 is 0 Å². The summed E-state index contributed by atoms with van der Waals surface area (Å²) in [6.45, 7) is 0. The van der Waals surface area contributed by atoms with Crippen molar-refractivity contribution in [3.8, 4) is 11.1 Å². The quantitative estimate of drug-likeness (QED) is 0.761. The second kappa shape index (κ2) is 4.64. The SMILES string of the molecule is O=C(Cl)c1c(Cl)cncc1-c1ccccc1. The molecule has 0 saturated carbocycles. The molecule has 80 valence electrons. The molecule has 4 heteroatoms. The minimum absolute atomic E-state index is 0.265. The monoisotopic (exact) mass is 251 g/mol. The fraction of sp³-hybridized carbons (Fsp3) is 0. The summed E-state index contributed by atoms with van der Waals surface area (Å²) in [6, 6.07) is 9.38. The summed E-state index contributed by atoms with van der Waals surface area (Å²) in [4.78, 5) is 15.3. The Labute approximate surface area is 103 Å². The lowest BCUT2D eigenvalue weighted by atomic mass is 10.0. The molecule has 0 N–H and O–H groups in total. The maximum atomic E-state index is 11.3. The predicted octanol–water partition coefficient (Wildman–Crippen LogP) is 3.78. The highest BCUT2D eigenvalue weighted by molar-refractivity contribution is 6.69. The van der Waals surface area contributed by atoms with Crippen LogP contribution in [0.25, 0.3) is 11.1 Å². The summed E-state index contributed by atoms with van der Waals surface area (Å²) >= 11 is 11.4. The Bertz CT molecular complexity index is 526. The third kappa shape index (κ3) is 2.08. The second-order valence-corrected chi connectivity index (χ2v) is 3.93. The van der Waals surface area contributed by atoms with Crippen LogP contribution in [0.15, 0.2) is 42.7 Å². The molecule has 0 atom stereocenters. The van der Waals surface area contributed by atoms with Crippen LogP contribution in [-0.4, -0.2) is 10.2 Å². The lowest BCUT2D eigenvalue weighted by Gasteiger charge is -2.06. The fourth-order valence-corrected chi connectivity index (χ4v) is 1.97. The van der Waals surface area contributed by atoms with Crippen LogP contribution >= 0.6 is 23.2 Å². The van der Waals surface area contributed by atoms with Crippen LogP contribution < -0.4 is 0 Å². The van der Waals surface area contributed by atoms with E-state index in [0.717, 1.165) is 5.56 Å². The van der Waals surface area contributed by atoms with E-state index in [0.29, 0.717) is 11.1 Å². The summed E-state index contributed by atoms with van der Waals surface area (Å²) in [5.41, 5.74) is 1.80. The fourth-order valence-electron chi connectivity index (χ4n) is 1.47. The van der Waals surface area contributed by atoms with Gasteiger partial charge in [0.2, 0.25) is 0 Å². The number of hydrogen-bond acceptors (Lipinski definition) is 2. The Morgan fingerprint density at radius 2 is 1.81 bits per heavy atom. The molecular weight excluding hydrogens is 245 g/mol. The van der Waals surface area contributed by atoms with Crippen LogP contribution in [0.2, 0.25) is 5.02 Å². The second-order valence-electron chi connectivity index (χ2n) is 3.18. The zero-order valence-corrected chi connectivity index (χ0v) is 9.66. The molecule has 0 bridgehead atoms. The van der Waals surface area contributed by atoms with Gasteiger partial charge in [-0.3, -0.25) is 9.78 Å². The maximum absolute atomic E-state index is 11.3.